The van der Waals surface area contributed by atoms with Gasteiger partial charge in [0.1, 0.15) is 5.75 Å². The number of hydrogen-bond donors (Lipinski definition) is 1. The molecule has 0 atom stereocenters. The van der Waals surface area contributed by atoms with E-state index < -0.39 is 0 Å². The van der Waals surface area contributed by atoms with Gasteiger partial charge in [-0.15, -0.1) is 0 Å². The van der Waals surface area contributed by atoms with Crippen molar-refractivity contribution in [1.29, 1.82) is 0 Å². The van der Waals surface area contributed by atoms with Crippen molar-refractivity contribution in [3.05, 3.63) is 29.8 Å². The smallest absolute Gasteiger partial charge is 0.410 e. The van der Waals surface area contributed by atoms with E-state index in [4.69, 9.17) is 9.84 Å². The molecule has 6 nitrogen and oxygen atoms in total. The Hall–Kier alpha value is -1.63. The van der Waals surface area contributed by atoms with E-state index in [-0.39, 0.29) is 12.7 Å². The van der Waals surface area contributed by atoms with Gasteiger partial charge >= 0.3 is 6.09 Å². The second kappa shape index (κ2) is 8.86. The fraction of sp³-hybridized carbons (Fsp3) is 0.588. The fourth-order valence-corrected chi connectivity index (χ4v) is 2.62. The molecule has 1 N–H and O–H groups in total. The van der Waals surface area contributed by atoms with Crippen LogP contribution in [-0.2, 0) is 6.54 Å². The normalized spacial score (nSPS) is 16.3. The number of hydrogen-bond acceptors (Lipinski definition) is 5. The van der Waals surface area contributed by atoms with Crippen LogP contribution in [0.15, 0.2) is 24.3 Å². The van der Waals surface area contributed by atoms with Crippen LogP contribution in [0.5, 0.6) is 5.75 Å². The summed E-state index contributed by atoms with van der Waals surface area (Å²) >= 11 is 0. The zero-order valence-electron chi connectivity index (χ0n) is 14.1. The predicted molar refractivity (Wildman–Crippen MR) is 89.6 cm³/mol. The maximum atomic E-state index is 11.6. The SMILES string of the molecule is CN(C)C(=O)Oc1cccc(CN2CCN(CCCO)CC2)c1. The van der Waals surface area contributed by atoms with Crippen molar-refractivity contribution in [2.75, 3.05) is 53.4 Å². The van der Waals surface area contributed by atoms with E-state index in [9.17, 15) is 4.79 Å². The summed E-state index contributed by atoms with van der Waals surface area (Å²) < 4.78 is 5.30. The lowest BCUT2D eigenvalue weighted by Gasteiger charge is -2.34. The van der Waals surface area contributed by atoms with Crippen molar-refractivity contribution in [3.8, 4) is 5.75 Å². The molecule has 0 unspecified atom stereocenters. The molecule has 1 saturated heterocycles. The third kappa shape index (κ3) is 5.82. The van der Waals surface area contributed by atoms with E-state index >= 15 is 0 Å². The average molecular weight is 321 g/mol. The molecule has 0 spiro atoms. The minimum absolute atomic E-state index is 0.263. The highest BCUT2D eigenvalue weighted by Gasteiger charge is 2.16. The van der Waals surface area contributed by atoms with Crippen molar-refractivity contribution >= 4 is 6.09 Å². The molecular formula is C17H27N3O3. The molecule has 0 saturated carbocycles. The highest BCUT2D eigenvalue weighted by atomic mass is 16.6. The van der Waals surface area contributed by atoms with Gasteiger partial charge in [-0.1, -0.05) is 12.1 Å². The first-order chi connectivity index (χ1) is 11.1. The number of aliphatic hydroxyl groups excluding tert-OH is 1. The highest BCUT2D eigenvalue weighted by Crippen LogP contribution is 2.16. The lowest BCUT2D eigenvalue weighted by Crippen LogP contribution is -2.46. The van der Waals surface area contributed by atoms with Crippen LogP contribution in [0.2, 0.25) is 0 Å². The van der Waals surface area contributed by atoms with E-state index in [1.807, 2.05) is 12.1 Å². The molecule has 2 rings (SSSR count). The molecule has 6 heteroatoms. The number of benzene rings is 1. The van der Waals surface area contributed by atoms with Crippen LogP contribution in [0.25, 0.3) is 0 Å². The molecule has 0 aliphatic carbocycles. The third-order valence-electron chi connectivity index (χ3n) is 3.97. The molecule has 1 amide bonds. The molecule has 1 fully saturated rings. The third-order valence-corrected chi connectivity index (χ3v) is 3.97. The van der Waals surface area contributed by atoms with Crippen molar-refractivity contribution in [2.24, 2.45) is 0 Å². The monoisotopic (exact) mass is 321 g/mol. The van der Waals surface area contributed by atoms with Gasteiger partial charge < -0.3 is 19.6 Å². The Bertz CT molecular complexity index is 500. The lowest BCUT2D eigenvalue weighted by atomic mass is 10.2. The zero-order chi connectivity index (χ0) is 16.7. The van der Waals surface area contributed by atoms with E-state index in [2.05, 4.69) is 15.9 Å². The van der Waals surface area contributed by atoms with Gasteiger partial charge in [-0.05, 0) is 24.1 Å². The summed E-state index contributed by atoms with van der Waals surface area (Å²) in [5.41, 5.74) is 1.15. The average Bonchev–Trinajstić information content (AvgIpc) is 2.54. The van der Waals surface area contributed by atoms with Crippen molar-refractivity contribution in [2.45, 2.75) is 13.0 Å². The van der Waals surface area contributed by atoms with Crippen molar-refractivity contribution in [1.82, 2.24) is 14.7 Å². The molecule has 0 aromatic heterocycles. The molecule has 1 aromatic carbocycles. The van der Waals surface area contributed by atoms with Gasteiger partial charge in [0.25, 0.3) is 0 Å². The Morgan fingerprint density at radius 3 is 2.57 bits per heavy atom. The quantitative estimate of drug-likeness (QED) is 0.854. The van der Waals surface area contributed by atoms with E-state index in [1.165, 1.54) is 4.90 Å². The second-order valence-corrected chi connectivity index (χ2v) is 6.10. The summed E-state index contributed by atoms with van der Waals surface area (Å²) in [4.78, 5) is 17.8. The lowest BCUT2D eigenvalue weighted by molar-refractivity contribution is 0.120. The Labute approximate surface area is 138 Å². The van der Waals surface area contributed by atoms with Gasteiger partial charge in [-0.25, -0.2) is 4.79 Å². The maximum absolute atomic E-state index is 11.6. The Kier molecular flexibility index (Phi) is 6.83. The molecule has 1 aliphatic heterocycles. The minimum Gasteiger partial charge on any atom is -0.410 e. The molecule has 1 aliphatic rings. The van der Waals surface area contributed by atoms with Gasteiger partial charge in [-0.3, -0.25) is 4.90 Å². The standard InChI is InChI=1S/C17H27N3O3/c1-18(2)17(22)23-16-6-3-5-15(13-16)14-20-10-8-19(9-11-20)7-4-12-21/h3,5-6,13,21H,4,7-12,14H2,1-2H3. The van der Waals surface area contributed by atoms with E-state index in [0.29, 0.717) is 5.75 Å². The van der Waals surface area contributed by atoms with Crippen LogP contribution >= 0.6 is 0 Å². The highest BCUT2D eigenvalue weighted by molar-refractivity contribution is 5.69. The summed E-state index contributed by atoms with van der Waals surface area (Å²) in [6.45, 7) is 6.21. The van der Waals surface area contributed by atoms with Gasteiger partial charge in [-0.2, -0.15) is 0 Å². The van der Waals surface area contributed by atoms with Gasteiger partial charge in [0.15, 0.2) is 0 Å². The van der Waals surface area contributed by atoms with Gasteiger partial charge in [0.2, 0.25) is 0 Å². The van der Waals surface area contributed by atoms with Gasteiger partial charge in [0, 0.05) is 60.0 Å². The van der Waals surface area contributed by atoms with E-state index in [1.54, 1.807) is 20.2 Å². The van der Waals surface area contributed by atoms with Crippen LogP contribution in [0.4, 0.5) is 4.79 Å². The molecule has 1 heterocycles. The van der Waals surface area contributed by atoms with Crippen LogP contribution in [-0.4, -0.2) is 79.3 Å². The summed E-state index contributed by atoms with van der Waals surface area (Å²) in [6, 6.07) is 7.72. The fourth-order valence-electron chi connectivity index (χ4n) is 2.62. The van der Waals surface area contributed by atoms with Crippen molar-refractivity contribution < 1.29 is 14.6 Å². The zero-order valence-corrected chi connectivity index (χ0v) is 14.1. The Balaban J connectivity index is 1.83. The van der Waals surface area contributed by atoms with Crippen LogP contribution in [0.3, 0.4) is 0 Å². The molecule has 0 bridgehead atoms. The first-order valence-electron chi connectivity index (χ1n) is 8.12. The summed E-state index contributed by atoms with van der Waals surface area (Å²) in [6.07, 6.45) is 0.485. The van der Waals surface area contributed by atoms with Crippen molar-refractivity contribution in [3.63, 3.8) is 0 Å². The van der Waals surface area contributed by atoms with Crippen LogP contribution < -0.4 is 4.74 Å². The summed E-state index contributed by atoms with van der Waals surface area (Å²) in [5.74, 6) is 0.586. The van der Waals surface area contributed by atoms with Gasteiger partial charge in [0.05, 0.1) is 0 Å². The molecule has 0 radical (unpaired) electrons. The largest absolute Gasteiger partial charge is 0.414 e. The van der Waals surface area contributed by atoms with Crippen LogP contribution in [0, 0.1) is 0 Å². The topological polar surface area (TPSA) is 56.2 Å². The second-order valence-electron chi connectivity index (χ2n) is 6.10. The number of rotatable bonds is 6. The predicted octanol–water partition coefficient (Wildman–Crippen LogP) is 1.25. The summed E-state index contributed by atoms with van der Waals surface area (Å²) in [7, 11) is 3.34. The Morgan fingerprint density at radius 1 is 1.22 bits per heavy atom. The number of carbonyl (C=O) groups is 1. The number of aliphatic hydroxyl groups is 1. The number of piperazine rings is 1. The molecule has 23 heavy (non-hydrogen) atoms. The number of carbonyl (C=O) groups excluding carboxylic acids is 1. The molecule has 128 valence electrons. The van der Waals surface area contributed by atoms with Crippen LogP contribution in [0.1, 0.15) is 12.0 Å². The number of ether oxygens (including phenoxy) is 1. The first kappa shape index (κ1) is 17.7. The minimum atomic E-state index is -0.361. The molecular weight excluding hydrogens is 294 g/mol. The molecule has 1 aromatic rings. The number of amides is 1. The van der Waals surface area contributed by atoms with E-state index in [0.717, 1.165) is 51.3 Å². The Morgan fingerprint density at radius 2 is 1.91 bits per heavy atom. The summed E-state index contributed by atoms with van der Waals surface area (Å²) in [5, 5.41) is 8.89. The maximum Gasteiger partial charge on any atom is 0.414 e. The first-order valence-corrected chi connectivity index (χ1v) is 8.12. The number of nitrogens with zero attached hydrogens (tertiary/aromatic N) is 3.